The van der Waals surface area contributed by atoms with Crippen molar-refractivity contribution in [2.45, 2.75) is 19.8 Å². The van der Waals surface area contributed by atoms with Gasteiger partial charge in [-0.25, -0.2) is 4.39 Å². The topological polar surface area (TPSA) is 59.5 Å². The van der Waals surface area contributed by atoms with Crippen molar-refractivity contribution in [2.24, 2.45) is 5.92 Å². The molecule has 2 rings (SSSR count). The molecule has 1 aromatic rings. The zero-order chi connectivity index (χ0) is 14.5. The van der Waals surface area contributed by atoms with Gasteiger partial charge in [0.05, 0.1) is 36.2 Å². The number of piperidine rings is 1. The third-order valence-electron chi connectivity index (χ3n) is 3.42. The van der Waals surface area contributed by atoms with Gasteiger partial charge in [-0.15, -0.1) is 0 Å². The van der Waals surface area contributed by atoms with Crippen LogP contribution in [0.15, 0.2) is 12.4 Å². The number of carbonyl (C=O) groups is 2. The predicted molar refractivity (Wildman–Crippen MR) is 71.2 cm³/mol. The highest BCUT2D eigenvalue weighted by molar-refractivity contribution is 5.85. The van der Waals surface area contributed by atoms with Crippen molar-refractivity contribution in [3.8, 4) is 0 Å². The van der Waals surface area contributed by atoms with E-state index in [4.69, 9.17) is 4.74 Å². The molecule has 0 radical (unpaired) electrons. The second-order valence-electron chi connectivity index (χ2n) is 4.71. The van der Waals surface area contributed by atoms with E-state index in [1.54, 1.807) is 6.92 Å². The standard InChI is InChI=1S/C14H17FN2O3/c1-2-20-14(19)10-4-3-5-17(8-10)13-7-16-6-12(15)11(13)9-18/h6-7,9-10H,2-5,8H2,1H3. The van der Waals surface area contributed by atoms with E-state index in [-0.39, 0.29) is 17.5 Å². The molecule has 0 bridgehead atoms. The van der Waals surface area contributed by atoms with Gasteiger partial charge in [-0.05, 0) is 19.8 Å². The van der Waals surface area contributed by atoms with Gasteiger partial charge >= 0.3 is 5.97 Å². The highest BCUT2D eigenvalue weighted by atomic mass is 19.1. The molecule has 0 N–H and O–H groups in total. The lowest BCUT2D eigenvalue weighted by Crippen LogP contribution is -2.40. The maximum atomic E-state index is 13.6. The van der Waals surface area contributed by atoms with Crippen molar-refractivity contribution < 1.29 is 18.7 Å². The number of aromatic nitrogens is 1. The van der Waals surface area contributed by atoms with Gasteiger partial charge < -0.3 is 9.64 Å². The third-order valence-corrected chi connectivity index (χ3v) is 3.42. The number of ether oxygens (including phenoxy) is 1. The monoisotopic (exact) mass is 280 g/mol. The van der Waals surface area contributed by atoms with Crippen LogP contribution in [-0.4, -0.2) is 36.9 Å². The van der Waals surface area contributed by atoms with E-state index < -0.39 is 5.82 Å². The number of anilines is 1. The fourth-order valence-corrected chi connectivity index (χ4v) is 2.45. The molecule has 2 heterocycles. The van der Waals surface area contributed by atoms with Crippen LogP contribution in [0.2, 0.25) is 0 Å². The molecule has 0 amide bonds. The molecule has 1 fully saturated rings. The number of halogens is 1. The smallest absolute Gasteiger partial charge is 0.310 e. The highest BCUT2D eigenvalue weighted by Gasteiger charge is 2.28. The Morgan fingerprint density at radius 1 is 1.60 bits per heavy atom. The van der Waals surface area contributed by atoms with Crippen LogP contribution in [0, 0.1) is 11.7 Å². The third kappa shape index (κ3) is 2.95. The number of nitrogens with zero attached hydrogens (tertiary/aromatic N) is 2. The molecule has 1 unspecified atom stereocenters. The van der Waals surface area contributed by atoms with Gasteiger partial charge in [-0.3, -0.25) is 14.6 Å². The Kier molecular flexibility index (Phi) is 4.65. The summed E-state index contributed by atoms with van der Waals surface area (Å²) in [5.74, 6) is -1.13. The first-order chi connectivity index (χ1) is 9.67. The molecule has 20 heavy (non-hydrogen) atoms. The molecule has 1 aliphatic rings. The zero-order valence-electron chi connectivity index (χ0n) is 11.3. The van der Waals surface area contributed by atoms with E-state index in [9.17, 15) is 14.0 Å². The predicted octanol–water partition coefficient (Wildman–Crippen LogP) is 1.81. The summed E-state index contributed by atoms with van der Waals surface area (Å²) in [6, 6.07) is 0. The lowest BCUT2D eigenvalue weighted by atomic mass is 9.97. The minimum atomic E-state index is -0.643. The van der Waals surface area contributed by atoms with Gasteiger partial charge in [-0.2, -0.15) is 0 Å². The van der Waals surface area contributed by atoms with Crippen LogP contribution in [0.25, 0.3) is 0 Å². The number of hydrogen-bond donors (Lipinski definition) is 0. The lowest BCUT2D eigenvalue weighted by molar-refractivity contribution is -0.148. The van der Waals surface area contributed by atoms with Gasteiger partial charge in [-0.1, -0.05) is 0 Å². The van der Waals surface area contributed by atoms with E-state index in [0.29, 0.717) is 31.7 Å². The SMILES string of the molecule is CCOC(=O)C1CCCN(c2cncc(F)c2C=O)C1. The normalized spacial score (nSPS) is 18.7. The van der Waals surface area contributed by atoms with Crippen molar-refractivity contribution in [3.63, 3.8) is 0 Å². The molecule has 0 saturated carbocycles. The minimum absolute atomic E-state index is 0.00971. The van der Waals surface area contributed by atoms with Crippen LogP contribution < -0.4 is 4.90 Å². The molecule has 0 spiro atoms. The van der Waals surface area contributed by atoms with Crippen molar-refractivity contribution >= 4 is 17.9 Å². The average Bonchev–Trinajstić information content (AvgIpc) is 2.47. The number of rotatable bonds is 4. The van der Waals surface area contributed by atoms with Gasteiger partial charge in [0.25, 0.3) is 0 Å². The minimum Gasteiger partial charge on any atom is -0.466 e. The van der Waals surface area contributed by atoms with Crippen LogP contribution in [0.5, 0.6) is 0 Å². The molecular weight excluding hydrogens is 263 g/mol. The highest BCUT2D eigenvalue weighted by Crippen LogP contribution is 2.26. The molecule has 6 heteroatoms. The number of pyridine rings is 1. The zero-order valence-corrected chi connectivity index (χ0v) is 11.3. The number of esters is 1. The number of hydrogen-bond acceptors (Lipinski definition) is 5. The fourth-order valence-electron chi connectivity index (χ4n) is 2.45. The summed E-state index contributed by atoms with van der Waals surface area (Å²) < 4.78 is 18.6. The molecule has 0 aliphatic carbocycles. The molecule has 1 atom stereocenters. The summed E-state index contributed by atoms with van der Waals surface area (Å²) in [5, 5.41) is 0. The van der Waals surface area contributed by atoms with Gasteiger partial charge in [0.1, 0.15) is 0 Å². The molecule has 1 aliphatic heterocycles. The van der Waals surface area contributed by atoms with Crippen molar-refractivity contribution in [2.75, 3.05) is 24.6 Å². The van der Waals surface area contributed by atoms with Crippen molar-refractivity contribution in [1.29, 1.82) is 0 Å². The maximum absolute atomic E-state index is 13.6. The Morgan fingerprint density at radius 3 is 3.10 bits per heavy atom. The van der Waals surface area contributed by atoms with Crippen molar-refractivity contribution in [1.82, 2.24) is 4.98 Å². The molecule has 1 aromatic heterocycles. The van der Waals surface area contributed by atoms with Crippen molar-refractivity contribution in [3.05, 3.63) is 23.8 Å². The second kappa shape index (κ2) is 6.45. The van der Waals surface area contributed by atoms with Crippen LogP contribution in [0.3, 0.4) is 0 Å². The molecule has 5 nitrogen and oxygen atoms in total. The maximum Gasteiger partial charge on any atom is 0.310 e. The molecular formula is C14H17FN2O3. The summed E-state index contributed by atoms with van der Waals surface area (Å²) in [6.45, 7) is 3.20. The van der Waals surface area contributed by atoms with Crippen LogP contribution in [-0.2, 0) is 9.53 Å². The average molecular weight is 280 g/mol. The van der Waals surface area contributed by atoms with E-state index in [1.807, 2.05) is 4.90 Å². The van der Waals surface area contributed by atoms with Crippen LogP contribution in [0.1, 0.15) is 30.1 Å². The Labute approximate surface area is 116 Å². The lowest BCUT2D eigenvalue weighted by Gasteiger charge is -2.33. The summed E-state index contributed by atoms with van der Waals surface area (Å²) >= 11 is 0. The van der Waals surface area contributed by atoms with Gasteiger partial charge in [0, 0.05) is 13.1 Å². The summed E-state index contributed by atoms with van der Waals surface area (Å²) in [4.78, 5) is 28.4. The van der Waals surface area contributed by atoms with E-state index in [0.717, 1.165) is 19.0 Å². The van der Waals surface area contributed by atoms with Crippen LogP contribution in [0.4, 0.5) is 10.1 Å². The summed E-state index contributed by atoms with van der Waals surface area (Å²) in [6.07, 6.45) is 4.49. The van der Waals surface area contributed by atoms with Gasteiger partial charge in [0.2, 0.25) is 0 Å². The van der Waals surface area contributed by atoms with Crippen LogP contribution >= 0.6 is 0 Å². The summed E-state index contributed by atoms with van der Waals surface area (Å²) in [7, 11) is 0. The van der Waals surface area contributed by atoms with E-state index >= 15 is 0 Å². The second-order valence-corrected chi connectivity index (χ2v) is 4.71. The first-order valence-corrected chi connectivity index (χ1v) is 6.67. The molecule has 108 valence electrons. The Hall–Kier alpha value is -1.98. The summed E-state index contributed by atoms with van der Waals surface area (Å²) in [5.41, 5.74) is 0.429. The Balaban J connectivity index is 2.19. The Morgan fingerprint density at radius 2 is 2.40 bits per heavy atom. The van der Waals surface area contributed by atoms with Gasteiger partial charge in [0.15, 0.2) is 12.1 Å². The fraction of sp³-hybridized carbons (Fsp3) is 0.500. The van der Waals surface area contributed by atoms with E-state index in [1.165, 1.54) is 6.20 Å². The Bertz CT molecular complexity index is 507. The quantitative estimate of drug-likeness (QED) is 0.622. The largest absolute Gasteiger partial charge is 0.466 e. The van der Waals surface area contributed by atoms with E-state index in [2.05, 4.69) is 4.98 Å². The molecule has 0 aromatic carbocycles. The number of carbonyl (C=O) groups excluding carboxylic acids is 2. The first kappa shape index (κ1) is 14.4. The number of aldehydes is 1. The first-order valence-electron chi connectivity index (χ1n) is 6.67. The molecule has 1 saturated heterocycles.